The highest BCUT2D eigenvalue weighted by Gasteiger charge is 2.18. The van der Waals surface area contributed by atoms with E-state index in [0.717, 1.165) is 0 Å². The van der Waals surface area contributed by atoms with Crippen LogP contribution in [0, 0.1) is 10.1 Å². The minimum Gasteiger partial charge on any atom is -0.383 e. The van der Waals surface area contributed by atoms with Gasteiger partial charge in [0.15, 0.2) is 0 Å². The molecule has 0 bridgehead atoms. The summed E-state index contributed by atoms with van der Waals surface area (Å²) < 4.78 is 4.91. The Morgan fingerprint density at radius 3 is 2.55 bits per heavy atom. The van der Waals surface area contributed by atoms with Gasteiger partial charge in [0.05, 0.1) is 22.2 Å². The number of carbonyl (C=O) groups is 2. The van der Waals surface area contributed by atoms with Gasteiger partial charge in [-0.25, -0.2) is 0 Å². The Hall–Kier alpha value is -3.17. The first-order valence-electron chi connectivity index (χ1n) is 8.77. The molecule has 2 aromatic rings. The van der Waals surface area contributed by atoms with Gasteiger partial charge in [-0.2, -0.15) is 0 Å². The molecule has 0 aliphatic heterocycles. The van der Waals surface area contributed by atoms with E-state index < -0.39 is 10.8 Å². The Bertz CT molecular complexity index is 919. The number of anilines is 3. The lowest BCUT2D eigenvalue weighted by molar-refractivity contribution is -0.384. The molecule has 0 aromatic heterocycles. The van der Waals surface area contributed by atoms with Gasteiger partial charge in [-0.15, -0.1) is 0 Å². The van der Waals surface area contributed by atoms with Crippen molar-refractivity contribution >= 4 is 46.2 Å². The van der Waals surface area contributed by atoms with Crippen LogP contribution in [0.1, 0.15) is 23.7 Å². The topological polar surface area (TPSA) is 123 Å². The maximum Gasteiger partial charge on any atom is 0.293 e. The van der Waals surface area contributed by atoms with Crippen LogP contribution in [0.2, 0.25) is 5.02 Å². The molecule has 0 saturated carbocycles. The number of hydrogen-bond acceptors (Lipinski definition) is 6. The molecule has 9 nitrogen and oxygen atoms in total. The SMILES string of the molecule is CCC(=O)Nc1ccc(Cl)c(NC(=O)c2ccc(NCCOC)c([N+](=O)[O-])c2)c1. The molecule has 2 rings (SSSR count). The number of nitrogens with zero attached hydrogens (tertiary/aromatic N) is 1. The molecule has 0 unspecified atom stereocenters. The zero-order valence-corrected chi connectivity index (χ0v) is 16.7. The van der Waals surface area contributed by atoms with Gasteiger partial charge < -0.3 is 20.7 Å². The van der Waals surface area contributed by atoms with Crippen molar-refractivity contribution in [2.75, 3.05) is 36.2 Å². The van der Waals surface area contributed by atoms with Crippen molar-refractivity contribution in [3.05, 3.63) is 57.1 Å². The summed E-state index contributed by atoms with van der Waals surface area (Å²) in [6.07, 6.45) is 0.304. The van der Waals surface area contributed by atoms with E-state index in [4.69, 9.17) is 16.3 Å². The normalized spacial score (nSPS) is 10.3. The van der Waals surface area contributed by atoms with E-state index in [1.54, 1.807) is 13.0 Å². The number of methoxy groups -OCH3 is 1. The Morgan fingerprint density at radius 1 is 1.14 bits per heavy atom. The smallest absolute Gasteiger partial charge is 0.293 e. The van der Waals surface area contributed by atoms with Crippen LogP contribution in [0.3, 0.4) is 0 Å². The van der Waals surface area contributed by atoms with E-state index >= 15 is 0 Å². The lowest BCUT2D eigenvalue weighted by atomic mass is 10.1. The number of hydrogen-bond donors (Lipinski definition) is 3. The Balaban J connectivity index is 2.22. The average Bonchev–Trinajstić information content (AvgIpc) is 2.70. The van der Waals surface area contributed by atoms with Gasteiger partial charge in [-0.05, 0) is 30.3 Å². The molecule has 154 valence electrons. The number of carbonyl (C=O) groups excluding carboxylic acids is 2. The second kappa shape index (κ2) is 10.4. The van der Waals surface area contributed by atoms with Gasteiger partial charge in [0.25, 0.3) is 11.6 Å². The number of rotatable bonds is 9. The van der Waals surface area contributed by atoms with Gasteiger partial charge in [0.1, 0.15) is 5.69 Å². The van der Waals surface area contributed by atoms with Crippen molar-refractivity contribution in [2.24, 2.45) is 0 Å². The van der Waals surface area contributed by atoms with E-state index in [1.165, 1.54) is 37.4 Å². The second-order valence-corrected chi connectivity index (χ2v) is 6.37. The molecular formula is C19H21ClN4O5. The monoisotopic (exact) mass is 420 g/mol. The fourth-order valence-electron chi connectivity index (χ4n) is 2.40. The zero-order valence-electron chi connectivity index (χ0n) is 16.0. The maximum absolute atomic E-state index is 12.6. The molecule has 0 aliphatic rings. The highest BCUT2D eigenvalue weighted by Crippen LogP contribution is 2.28. The summed E-state index contributed by atoms with van der Waals surface area (Å²) in [7, 11) is 1.53. The summed E-state index contributed by atoms with van der Waals surface area (Å²) in [4.78, 5) is 34.9. The van der Waals surface area contributed by atoms with Gasteiger partial charge in [-0.1, -0.05) is 18.5 Å². The van der Waals surface area contributed by atoms with Crippen molar-refractivity contribution in [3.63, 3.8) is 0 Å². The first kappa shape index (κ1) is 22.1. The van der Waals surface area contributed by atoms with Crippen LogP contribution >= 0.6 is 11.6 Å². The molecule has 2 aromatic carbocycles. The van der Waals surface area contributed by atoms with Gasteiger partial charge >= 0.3 is 0 Å². The summed E-state index contributed by atoms with van der Waals surface area (Å²) in [6.45, 7) is 2.48. The van der Waals surface area contributed by atoms with Crippen LogP contribution in [-0.2, 0) is 9.53 Å². The van der Waals surface area contributed by atoms with Crippen molar-refractivity contribution in [3.8, 4) is 0 Å². The maximum atomic E-state index is 12.6. The molecule has 0 aliphatic carbocycles. The number of nitro groups is 1. The summed E-state index contributed by atoms with van der Waals surface area (Å²) in [5.74, 6) is -0.755. The van der Waals surface area contributed by atoms with Crippen LogP contribution in [0.25, 0.3) is 0 Å². The highest BCUT2D eigenvalue weighted by molar-refractivity contribution is 6.34. The third-order valence-corrected chi connectivity index (χ3v) is 4.23. The third kappa shape index (κ3) is 6.16. The second-order valence-electron chi connectivity index (χ2n) is 5.96. The fourth-order valence-corrected chi connectivity index (χ4v) is 2.57. The Morgan fingerprint density at radius 2 is 1.90 bits per heavy atom. The van der Waals surface area contributed by atoms with Crippen LogP contribution < -0.4 is 16.0 Å². The average molecular weight is 421 g/mol. The highest BCUT2D eigenvalue weighted by atomic mass is 35.5. The van der Waals surface area contributed by atoms with E-state index in [2.05, 4.69) is 16.0 Å². The molecule has 29 heavy (non-hydrogen) atoms. The minimum absolute atomic E-state index is 0.0908. The first-order chi connectivity index (χ1) is 13.8. The lowest BCUT2D eigenvalue weighted by Crippen LogP contribution is -2.15. The van der Waals surface area contributed by atoms with Crippen molar-refractivity contribution in [1.82, 2.24) is 0 Å². The quantitative estimate of drug-likeness (QED) is 0.321. The van der Waals surface area contributed by atoms with E-state index in [1.807, 2.05) is 0 Å². The van der Waals surface area contributed by atoms with Crippen molar-refractivity contribution in [1.29, 1.82) is 0 Å². The standard InChI is InChI=1S/C19H21ClN4O5/c1-3-18(25)22-13-5-6-14(20)16(11-13)23-19(26)12-4-7-15(21-8-9-29-2)17(10-12)24(27)28/h4-7,10-11,21H,3,8-9H2,1-2H3,(H,22,25)(H,23,26). The lowest BCUT2D eigenvalue weighted by Gasteiger charge is -2.11. The molecule has 0 atom stereocenters. The molecule has 0 saturated heterocycles. The molecule has 0 radical (unpaired) electrons. The molecule has 0 fully saturated rings. The zero-order chi connectivity index (χ0) is 21.4. The fraction of sp³-hybridized carbons (Fsp3) is 0.263. The molecular weight excluding hydrogens is 400 g/mol. The molecule has 2 amide bonds. The molecule has 0 spiro atoms. The number of ether oxygens (including phenoxy) is 1. The predicted octanol–water partition coefficient (Wildman–Crippen LogP) is 3.91. The largest absolute Gasteiger partial charge is 0.383 e. The van der Waals surface area contributed by atoms with E-state index in [9.17, 15) is 19.7 Å². The van der Waals surface area contributed by atoms with Crippen molar-refractivity contribution < 1.29 is 19.2 Å². The third-order valence-electron chi connectivity index (χ3n) is 3.90. The molecule has 10 heteroatoms. The molecule has 0 heterocycles. The van der Waals surface area contributed by atoms with Gasteiger partial charge in [0, 0.05) is 37.4 Å². The van der Waals surface area contributed by atoms with Crippen LogP contribution in [0.5, 0.6) is 0 Å². The summed E-state index contributed by atoms with van der Waals surface area (Å²) in [5.41, 5.74) is 0.888. The number of amides is 2. The predicted molar refractivity (Wildman–Crippen MR) is 112 cm³/mol. The number of nitrogens with one attached hydrogen (secondary N) is 3. The van der Waals surface area contributed by atoms with E-state index in [-0.39, 0.29) is 33.6 Å². The summed E-state index contributed by atoms with van der Waals surface area (Å²) >= 11 is 6.12. The number of halogens is 1. The van der Waals surface area contributed by atoms with Crippen LogP contribution in [-0.4, -0.2) is 37.0 Å². The number of nitro benzene ring substituents is 1. The van der Waals surface area contributed by atoms with Crippen LogP contribution in [0.15, 0.2) is 36.4 Å². The molecule has 3 N–H and O–H groups in total. The minimum atomic E-state index is -0.572. The Kier molecular flexibility index (Phi) is 7.93. The summed E-state index contributed by atoms with van der Waals surface area (Å²) in [6, 6.07) is 8.77. The van der Waals surface area contributed by atoms with E-state index in [0.29, 0.717) is 25.3 Å². The van der Waals surface area contributed by atoms with Crippen molar-refractivity contribution in [2.45, 2.75) is 13.3 Å². The Labute approximate surface area is 172 Å². The first-order valence-corrected chi connectivity index (χ1v) is 9.15. The van der Waals surface area contributed by atoms with Crippen LogP contribution in [0.4, 0.5) is 22.7 Å². The summed E-state index contributed by atoms with van der Waals surface area (Å²) in [5, 5.41) is 19.8. The van der Waals surface area contributed by atoms with Gasteiger partial charge in [-0.3, -0.25) is 19.7 Å². The number of benzene rings is 2. The van der Waals surface area contributed by atoms with Gasteiger partial charge in [0.2, 0.25) is 5.91 Å².